The maximum absolute atomic E-state index is 13.5. The van der Waals surface area contributed by atoms with Crippen LogP contribution in [0.4, 0.5) is 0 Å². The van der Waals surface area contributed by atoms with Crippen LogP contribution in [0.25, 0.3) is 0 Å². The fourth-order valence-corrected chi connectivity index (χ4v) is 7.52. The summed E-state index contributed by atoms with van der Waals surface area (Å²) in [7, 11) is 0. The molecule has 29 heavy (non-hydrogen) atoms. The minimum Gasteiger partial charge on any atom is -0.464 e. The van der Waals surface area contributed by atoms with Gasteiger partial charge in [-0.3, -0.25) is 9.59 Å². The lowest BCUT2D eigenvalue weighted by molar-refractivity contribution is -0.195. The van der Waals surface area contributed by atoms with E-state index in [1.165, 1.54) is 19.3 Å². The molecule has 5 rings (SSSR count). The quantitative estimate of drug-likeness (QED) is 0.459. The van der Waals surface area contributed by atoms with E-state index in [1.54, 1.807) is 0 Å². The summed E-state index contributed by atoms with van der Waals surface area (Å²) in [5.41, 5.74) is -0.274. The van der Waals surface area contributed by atoms with Crippen molar-refractivity contribution in [3.63, 3.8) is 0 Å². The Bertz CT molecular complexity index is 646. The molecule has 5 heteroatoms. The van der Waals surface area contributed by atoms with Gasteiger partial charge in [-0.1, -0.05) is 26.7 Å². The van der Waals surface area contributed by atoms with Gasteiger partial charge in [0.1, 0.15) is 12.2 Å². The van der Waals surface area contributed by atoms with Gasteiger partial charge in [-0.2, -0.15) is 5.26 Å². The number of carbonyl (C=O) groups excluding carboxylic acids is 2. The Morgan fingerprint density at radius 3 is 1.90 bits per heavy atom. The number of nitriles is 1. The largest absolute Gasteiger partial charge is 0.464 e. The highest BCUT2D eigenvalue weighted by Gasteiger charge is 2.56. The Morgan fingerprint density at radius 2 is 1.41 bits per heavy atom. The molecule has 0 spiro atoms. The molecule has 0 aromatic rings. The maximum Gasteiger partial charge on any atom is 0.310 e. The predicted molar refractivity (Wildman–Crippen MR) is 107 cm³/mol. The van der Waals surface area contributed by atoms with Gasteiger partial charge in [0.25, 0.3) is 0 Å². The van der Waals surface area contributed by atoms with Gasteiger partial charge >= 0.3 is 11.9 Å². The van der Waals surface area contributed by atoms with Gasteiger partial charge in [-0.15, -0.1) is 0 Å². The summed E-state index contributed by atoms with van der Waals surface area (Å²) in [6, 6.07) is 2.01. The first kappa shape index (κ1) is 20.7. The van der Waals surface area contributed by atoms with Crippen molar-refractivity contribution in [2.75, 3.05) is 6.61 Å². The number of esters is 2. The molecule has 4 unspecified atom stereocenters. The smallest absolute Gasteiger partial charge is 0.310 e. The fraction of sp³-hybridized carbons (Fsp3) is 0.875. The van der Waals surface area contributed by atoms with Crippen LogP contribution in [0.2, 0.25) is 0 Å². The first-order valence-corrected chi connectivity index (χ1v) is 11.7. The Labute approximate surface area is 174 Å². The van der Waals surface area contributed by atoms with Gasteiger partial charge in [0.15, 0.2) is 0 Å². The van der Waals surface area contributed by atoms with Crippen molar-refractivity contribution in [3.8, 4) is 6.07 Å². The topological polar surface area (TPSA) is 76.4 Å². The molecule has 0 aliphatic heterocycles. The number of hydrogen-bond acceptors (Lipinski definition) is 5. The molecular formula is C24H35NO4. The monoisotopic (exact) mass is 401 g/mol. The lowest BCUT2D eigenvalue weighted by Gasteiger charge is -2.56. The third-order valence-electron chi connectivity index (χ3n) is 8.36. The molecule has 0 N–H and O–H groups in total. The molecule has 5 fully saturated rings. The Kier molecular flexibility index (Phi) is 5.91. The van der Waals surface area contributed by atoms with E-state index in [4.69, 9.17) is 14.7 Å². The van der Waals surface area contributed by atoms with Crippen molar-refractivity contribution < 1.29 is 19.1 Å². The minimum absolute atomic E-state index is 0.107. The zero-order valence-corrected chi connectivity index (χ0v) is 17.9. The van der Waals surface area contributed by atoms with Gasteiger partial charge in [-0.05, 0) is 74.5 Å². The predicted octanol–water partition coefficient (Wildman–Crippen LogP) is 4.64. The number of rotatable bonds is 7. The molecule has 0 radical (unpaired) electrons. The summed E-state index contributed by atoms with van der Waals surface area (Å²) in [5.74, 6) is 1.20. The van der Waals surface area contributed by atoms with Crippen LogP contribution < -0.4 is 0 Å². The first-order chi connectivity index (χ1) is 14.0. The molecule has 4 bridgehead atoms. The molecular weight excluding hydrogens is 366 g/mol. The van der Waals surface area contributed by atoms with Crippen molar-refractivity contribution >= 4 is 11.9 Å². The average Bonchev–Trinajstić information content (AvgIpc) is 3.05. The van der Waals surface area contributed by atoms with Gasteiger partial charge < -0.3 is 9.47 Å². The van der Waals surface area contributed by atoms with Gasteiger partial charge in [0.2, 0.25) is 0 Å². The van der Waals surface area contributed by atoms with Crippen LogP contribution in [-0.2, 0) is 19.1 Å². The second-order valence-corrected chi connectivity index (χ2v) is 10.2. The molecule has 0 saturated heterocycles. The first-order valence-electron chi connectivity index (χ1n) is 11.7. The van der Waals surface area contributed by atoms with Crippen LogP contribution in [0.3, 0.4) is 0 Å². The minimum atomic E-state index is -0.426. The Hall–Kier alpha value is -1.57. The number of ether oxygens (including phenoxy) is 2. The molecule has 0 aromatic carbocycles. The van der Waals surface area contributed by atoms with Crippen LogP contribution in [0.5, 0.6) is 0 Å². The molecule has 0 heterocycles. The van der Waals surface area contributed by atoms with Crippen molar-refractivity contribution in [1.29, 1.82) is 5.26 Å². The van der Waals surface area contributed by atoms with E-state index in [2.05, 4.69) is 13.8 Å². The summed E-state index contributed by atoms with van der Waals surface area (Å²) in [6.07, 6.45) is 9.78. The number of nitrogens with zero attached hydrogens (tertiary/aromatic N) is 1. The van der Waals surface area contributed by atoms with Crippen LogP contribution in [-0.4, -0.2) is 24.1 Å². The summed E-state index contributed by atoms with van der Waals surface area (Å²) >= 11 is 0. The molecule has 5 aliphatic carbocycles. The fourth-order valence-electron chi connectivity index (χ4n) is 7.52. The average molecular weight is 402 g/mol. The summed E-state index contributed by atoms with van der Waals surface area (Å²) < 4.78 is 11.8. The number of carbonyl (C=O) groups is 2. The van der Waals surface area contributed by atoms with E-state index in [0.29, 0.717) is 0 Å². The van der Waals surface area contributed by atoms with E-state index in [-0.39, 0.29) is 42.4 Å². The maximum atomic E-state index is 13.5. The second kappa shape index (κ2) is 8.28. The lowest BCUT2D eigenvalue weighted by atomic mass is 9.54. The Morgan fingerprint density at radius 1 is 0.897 bits per heavy atom. The van der Waals surface area contributed by atoms with Gasteiger partial charge in [0.05, 0.1) is 24.3 Å². The van der Waals surface area contributed by atoms with E-state index in [9.17, 15) is 9.59 Å². The van der Waals surface area contributed by atoms with Crippen molar-refractivity contribution in [2.24, 2.45) is 41.4 Å². The third kappa shape index (κ3) is 3.92. The van der Waals surface area contributed by atoms with Crippen molar-refractivity contribution in [1.82, 2.24) is 0 Å². The molecule has 0 amide bonds. The summed E-state index contributed by atoms with van der Waals surface area (Å²) in [4.78, 5) is 26.4. The zero-order chi connectivity index (χ0) is 20.6. The SMILES string of the molecule is CCC1CC(CC)C(C(=O)OC23CC4CC(CC(C4)C2)C3)C1C(=O)OCCC#N. The standard InChI is InChI=1S/C24H35NO4/c1-3-18-11-19(4-2)21(20(18)22(26)28-7-5-6-25)23(27)29-24-12-15-8-16(13-24)10-17(9-15)14-24/h15-21H,3-5,7-14H2,1-2H3. The van der Waals surface area contributed by atoms with E-state index >= 15 is 0 Å². The van der Waals surface area contributed by atoms with E-state index in [0.717, 1.165) is 56.3 Å². The van der Waals surface area contributed by atoms with Crippen LogP contribution >= 0.6 is 0 Å². The highest BCUT2D eigenvalue weighted by molar-refractivity contribution is 5.83. The van der Waals surface area contributed by atoms with Crippen LogP contribution in [0.1, 0.15) is 78.1 Å². The summed E-state index contributed by atoms with van der Waals surface area (Å²) in [6.45, 7) is 4.29. The van der Waals surface area contributed by atoms with Crippen LogP contribution in [0.15, 0.2) is 0 Å². The second-order valence-electron chi connectivity index (χ2n) is 10.2. The third-order valence-corrected chi connectivity index (χ3v) is 8.36. The molecule has 5 aliphatic rings. The van der Waals surface area contributed by atoms with Gasteiger partial charge in [0, 0.05) is 0 Å². The van der Waals surface area contributed by atoms with Crippen molar-refractivity contribution in [2.45, 2.75) is 83.7 Å². The zero-order valence-electron chi connectivity index (χ0n) is 17.9. The lowest BCUT2D eigenvalue weighted by Crippen LogP contribution is -2.53. The number of hydrogen-bond donors (Lipinski definition) is 0. The normalized spacial score (nSPS) is 42.4. The molecule has 160 valence electrons. The Balaban J connectivity index is 1.51. The van der Waals surface area contributed by atoms with Gasteiger partial charge in [-0.25, -0.2) is 0 Å². The highest BCUT2D eigenvalue weighted by Crippen LogP contribution is 2.58. The summed E-state index contributed by atoms with van der Waals surface area (Å²) in [5, 5.41) is 8.74. The molecule has 4 atom stereocenters. The van der Waals surface area contributed by atoms with Crippen LogP contribution in [0, 0.1) is 52.8 Å². The van der Waals surface area contributed by atoms with E-state index < -0.39 is 11.8 Å². The molecule has 0 aromatic heterocycles. The van der Waals surface area contributed by atoms with E-state index in [1.807, 2.05) is 6.07 Å². The van der Waals surface area contributed by atoms with Crippen molar-refractivity contribution in [3.05, 3.63) is 0 Å². The molecule has 5 nitrogen and oxygen atoms in total. The highest BCUT2D eigenvalue weighted by atomic mass is 16.6. The molecule has 5 saturated carbocycles.